The summed E-state index contributed by atoms with van der Waals surface area (Å²) in [4.78, 5) is 6.76. The predicted molar refractivity (Wildman–Crippen MR) is 84.3 cm³/mol. The summed E-state index contributed by atoms with van der Waals surface area (Å²) in [7, 11) is 1.69. The highest BCUT2D eigenvalue weighted by atomic mass is 35.5. The lowest BCUT2D eigenvalue weighted by atomic mass is 9.97. The highest BCUT2D eigenvalue weighted by Gasteiger charge is 2.26. The second-order valence-electron chi connectivity index (χ2n) is 5.71. The zero-order chi connectivity index (χ0) is 15.5. The van der Waals surface area contributed by atoms with Crippen molar-refractivity contribution in [3.05, 3.63) is 40.5 Å². The average molecular weight is 322 g/mol. The standard InChI is InChI=1S/C16H20ClN3O2/c1-11-18-16(22-19-11)12-4-3-7-20(9-12)10-13-8-14(17)5-6-15(13)21-2/h5-6,8,12H,3-4,7,9-10H2,1-2H3/t12-/m0/s1. The lowest BCUT2D eigenvalue weighted by Crippen LogP contribution is -2.34. The van der Waals surface area contributed by atoms with E-state index >= 15 is 0 Å². The number of piperidine rings is 1. The molecular weight excluding hydrogens is 302 g/mol. The molecule has 6 heteroatoms. The first-order valence-corrected chi connectivity index (χ1v) is 7.88. The Morgan fingerprint density at radius 1 is 1.45 bits per heavy atom. The molecule has 2 aromatic rings. The molecule has 1 aliphatic heterocycles. The Morgan fingerprint density at radius 2 is 2.32 bits per heavy atom. The Morgan fingerprint density at radius 3 is 3.05 bits per heavy atom. The van der Waals surface area contributed by atoms with Crippen LogP contribution in [-0.4, -0.2) is 35.2 Å². The fourth-order valence-corrected chi connectivity index (χ4v) is 3.19. The summed E-state index contributed by atoms with van der Waals surface area (Å²) in [6, 6.07) is 5.74. The van der Waals surface area contributed by atoms with Crippen molar-refractivity contribution >= 4 is 11.6 Å². The number of hydrogen-bond donors (Lipinski definition) is 0. The third kappa shape index (κ3) is 3.42. The van der Waals surface area contributed by atoms with Crippen LogP contribution in [0.25, 0.3) is 0 Å². The van der Waals surface area contributed by atoms with E-state index in [1.807, 2.05) is 25.1 Å². The van der Waals surface area contributed by atoms with Crippen molar-refractivity contribution < 1.29 is 9.26 Å². The Balaban J connectivity index is 1.71. The number of benzene rings is 1. The predicted octanol–water partition coefficient (Wildman–Crippen LogP) is 3.42. The Labute approximate surface area is 135 Å². The number of likely N-dealkylation sites (tertiary alicyclic amines) is 1. The van der Waals surface area contributed by atoms with E-state index in [-0.39, 0.29) is 0 Å². The minimum Gasteiger partial charge on any atom is -0.496 e. The molecule has 0 N–H and O–H groups in total. The van der Waals surface area contributed by atoms with E-state index in [1.165, 1.54) is 0 Å². The molecule has 1 atom stereocenters. The Kier molecular flexibility index (Phi) is 4.64. The van der Waals surface area contributed by atoms with Gasteiger partial charge in [-0.05, 0) is 44.5 Å². The molecule has 1 fully saturated rings. The summed E-state index contributed by atoms with van der Waals surface area (Å²) in [5.41, 5.74) is 1.11. The molecule has 0 aliphatic carbocycles. The molecule has 5 nitrogen and oxygen atoms in total. The molecule has 1 aromatic carbocycles. The SMILES string of the molecule is COc1ccc(Cl)cc1CN1CCC[C@H](c2nc(C)no2)C1. The Hall–Kier alpha value is -1.59. The highest BCUT2D eigenvalue weighted by molar-refractivity contribution is 6.30. The fourth-order valence-electron chi connectivity index (χ4n) is 2.99. The van der Waals surface area contributed by atoms with Gasteiger partial charge < -0.3 is 9.26 Å². The van der Waals surface area contributed by atoms with Crippen LogP contribution < -0.4 is 4.74 Å². The maximum Gasteiger partial charge on any atom is 0.231 e. The zero-order valence-corrected chi connectivity index (χ0v) is 13.6. The molecule has 3 rings (SSSR count). The van der Waals surface area contributed by atoms with E-state index in [0.29, 0.717) is 11.7 Å². The van der Waals surface area contributed by atoms with Crippen molar-refractivity contribution in [3.63, 3.8) is 0 Å². The number of aryl methyl sites for hydroxylation is 1. The summed E-state index contributed by atoms with van der Waals surface area (Å²) >= 11 is 6.11. The molecule has 0 radical (unpaired) electrons. The molecule has 0 unspecified atom stereocenters. The lowest BCUT2D eigenvalue weighted by molar-refractivity contribution is 0.178. The first-order chi connectivity index (χ1) is 10.7. The van der Waals surface area contributed by atoms with Gasteiger partial charge in [0, 0.05) is 23.7 Å². The molecule has 0 saturated carbocycles. The van der Waals surface area contributed by atoms with Crippen molar-refractivity contribution in [2.45, 2.75) is 32.2 Å². The largest absolute Gasteiger partial charge is 0.496 e. The molecule has 22 heavy (non-hydrogen) atoms. The average Bonchev–Trinajstić information content (AvgIpc) is 2.94. The molecule has 0 amide bonds. The summed E-state index contributed by atoms with van der Waals surface area (Å²) in [5, 5.41) is 4.63. The van der Waals surface area contributed by atoms with Crippen LogP contribution in [0.5, 0.6) is 5.75 Å². The van der Waals surface area contributed by atoms with Gasteiger partial charge in [0.2, 0.25) is 5.89 Å². The number of halogens is 1. The number of hydrogen-bond acceptors (Lipinski definition) is 5. The monoisotopic (exact) mass is 321 g/mol. The molecular formula is C16H20ClN3O2. The quantitative estimate of drug-likeness (QED) is 0.863. The molecule has 1 aromatic heterocycles. The van der Waals surface area contributed by atoms with Crippen molar-refractivity contribution in [3.8, 4) is 5.75 Å². The number of ether oxygens (including phenoxy) is 1. The number of rotatable bonds is 4. The van der Waals surface area contributed by atoms with Crippen LogP contribution in [0, 0.1) is 6.92 Å². The normalized spacial score (nSPS) is 19.3. The van der Waals surface area contributed by atoms with E-state index in [9.17, 15) is 0 Å². The third-order valence-corrected chi connectivity index (χ3v) is 4.27. The molecule has 1 aliphatic rings. The van der Waals surface area contributed by atoms with E-state index in [2.05, 4.69) is 15.0 Å². The van der Waals surface area contributed by atoms with Gasteiger partial charge in [0.25, 0.3) is 0 Å². The van der Waals surface area contributed by atoms with E-state index in [4.69, 9.17) is 20.9 Å². The van der Waals surface area contributed by atoms with Gasteiger partial charge >= 0.3 is 0 Å². The van der Waals surface area contributed by atoms with Gasteiger partial charge in [0.1, 0.15) is 5.75 Å². The number of aromatic nitrogens is 2. The van der Waals surface area contributed by atoms with Gasteiger partial charge in [-0.15, -0.1) is 0 Å². The van der Waals surface area contributed by atoms with Crippen LogP contribution >= 0.6 is 11.6 Å². The van der Waals surface area contributed by atoms with E-state index in [0.717, 1.165) is 54.7 Å². The first kappa shape index (κ1) is 15.3. The zero-order valence-electron chi connectivity index (χ0n) is 12.9. The minimum absolute atomic E-state index is 0.306. The van der Waals surface area contributed by atoms with E-state index < -0.39 is 0 Å². The summed E-state index contributed by atoms with van der Waals surface area (Å²) in [5.74, 6) is 2.63. The van der Waals surface area contributed by atoms with Crippen LogP contribution in [0.1, 0.15) is 36.0 Å². The van der Waals surface area contributed by atoms with Gasteiger partial charge in [0.05, 0.1) is 13.0 Å². The van der Waals surface area contributed by atoms with E-state index in [1.54, 1.807) is 7.11 Å². The fraction of sp³-hybridized carbons (Fsp3) is 0.500. The summed E-state index contributed by atoms with van der Waals surface area (Å²) in [6.45, 7) is 4.63. The molecule has 0 bridgehead atoms. The maximum absolute atomic E-state index is 6.11. The molecule has 0 spiro atoms. The molecule has 2 heterocycles. The second kappa shape index (κ2) is 6.67. The smallest absolute Gasteiger partial charge is 0.231 e. The van der Waals surface area contributed by atoms with Crippen LogP contribution in [0.2, 0.25) is 5.02 Å². The van der Waals surface area contributed by atoms with Gasteiger partial charge in [0.15, 0.2) is 5.82 Å². The second-order valence-corrected chi connectivity index (χ2v) is 6.15. The Bertz CT molecular complexity index is 644. The van der Waals surface area contributed by atoms with Gasteiger partial charge in [-0.3, -0.25) is 4.90 Å². The number of methoxy groups -OCH3 is 1. The highest BCUT2D eigenvalue weighted by Crippen LogP contribution is 2.29. The summed E-state index contributed by atoms with van der Waals surface area (Å²) < 4.78 is 10.8. The number of nitrogens with zero attached hydrogens (tertiary/aromatic N) is 3. The van der Waals surface area contributed by atoms with Crippen LogP contribution in [0.15, 0.2) is 22.7 Å². The van der Waals surface area contributed by atoms with Gasteiger partial charge in [-0.2, -0.15) is 4.98 Å². The van der Waals surface area contributed by atoms with Gasteiger partial charge in [-0.25, -0.2) is 0 Å². The van der Waals surface area contributed by atoms with Gasteiger partial charge in [-0.1, -0.05) is 16.8 Å². The molecule has 1 saturated heterocycles. The first-order valence-electron chi connectivity index (χ1n) is 7.50. The van der Waals surface area contributed by atoms with Crippen LogP contribution in [0.3, 0.4) is 0 Å². The summed E-state index contributed by atoms with van der Waals surface area (Å²) in [6.07, 6.45) is 2.21. The van der Waals surface area contributed by atoms with Crippen molar-refractivity contribution in [2.75, 3.05) is 20.2 Å². The topological polar surface area (TPSA) is 51.4 Å². The van der Waals surface area contributed by atoms with Crippen molar-refractivity contribution in [2.24, 2.45) is 0 Å². The maximum atomic E-state index is 6.11. The lowest BCUT2D eigenvalue weighted by Gasteiger charge is -2.31. The third-order valence-electron chi connectivity index (χ3n) is 4.03. The van der Waals surface area contributed by atoms with Crippen molar-refractivity contribution in [1.82, 2.24) is 15.0 Å². The van der Waals surface area contributed by atoms with Crippen LogP contribution in [-0.2, 0) is 6.54 Å². The molecule has 118 valence electrons. The minimum atomic E-state index is 0.306. The van der Waals surface area contributed by atoms with Crippen LogP contribution in [0.4, 0.5) is 0 Å². The van der Waals surface area contributed by atoms with Crippen molar-refractivity contribution in [1.29, 1.82) is 0 Å².